The molecule has 1 N–H and O–H groups in total. The van der Waals surface area contributed by atoms with Crippen LogP contribution in [-0.4, -0.2) is 21.0 Å². The summed E-state index contributed by atoms with van der Waals surface area (Å²) in [6.45, 7) is 8.41. The van der Waals surface area contributed by atoms with Gasteiger partial charge in [-0.3, -0.25) is 4.68 Å². The maximum Gasteiger partial charge on any atom is 0.0650 e. The molecule has 0 aliphatic rings. The van der Waals surface area contributed by atoms with Crippen molar-refractivity contribution in [3.63, 3.8) is 0 Å². The molecule has 0 saturated heterocycles. The minimum atomic E-state index is -0.382. The van der Waals surface area contributed by atoms with Crippen LogP contribution in [0, 0.1) is 13.8 Å². The number of hydrogen-bond donors (Lipinski definition) is 1. The Morgan fingerprint density at radius 1 is 1.10 bits per heavy atom. The van der Waals surface area contributed by atoms with Gasteiger partial charge in [-0.1, -0.05) is 18.2 Å². The molecule has 3 heteroatoms. The van der Waals surface area contributed by atoms with Crippen LogP contribution >= 0.6 is 0 Å². The summed E-state index contributed by atoms with van der Waals surface area (Å²) in [5.74, 6) is 0. The van der Waals surface area contributed by atoms with Crippen LogP contribution in [0.4, 0.5) is 0 Å². The number of rotatable bonds is 5. The van der Waals surface area contributed by atoms with Crippen LogP contribution in [0.1, 0.15) is 42.3 Å². The van der Waals surface area contributed by atoms with Gasteiger partial charge in [0.25, 0.3) is 0 Å². The van der Waals surface area contributed by atoms with Crippen LogP contribution in [0.2, 0.25) is 0 Å². The lowest BCUT2D eigenvalue weighted by atomic mass is 10.0. The Morgan fingerprint density at radius 3 is 2.45 bits per heavy atom. The number of aryl methyl sites for hydroxylation is 2. The molecule has 0 bridgehead atoms. The van der Waals surface area contributed by atoms with Gasteiger partial charge in [0.05, 0.1) is 11.8 Å². The summed E-state index contributed by atoms with van der Waals surface area (Å²) in [7, 11) is 0. The molecule has 1 unspecified atom stereocenters. The van der Waals surface area contributed by atoms with E-state index in [-0.39, 0.29) is 6.10 Å². The van der Waals surface area contributed by atoms with Crippen molar-refractivity contribution < 1.29 is 5.11 Å². The van der Waals surface area contributed by atoms with Crippen molar-refractivity contribution in [3.05, 3.63) is 52.8 Å². The van der Waals surface area contributed by atoms with Crippen molar-refractivity contribution in [1.29, 1.82) is 0 Å². The molecule has 20 heavy (non-hydrogen) atoms. The van der Waals surface area contributed by atoms with Crippen molar-refractivity contribution in [1.82, 2.24) is 9.78 Å². The van der Waals surface area contributed by atoms with Gasteiger partial charge in [-0.05, 0) is 56.9 Å². The van der Waals surface area contributed by atoms with E-state index in [2.05, 4.69) is 51.0 Å². The zero-order valence-corrected chi connectivity index (χ0v) is 12.8. The third-order valence-corrected chi connectivity index (χ3v) is 3.68. The van der Waals surface area contributed by atoms with E-state index in [1.807, 2.05) is 16.9 Å². The zero-order chi connectivity index (χ0) is 14.7. The molecule has 1 heterocycles. The van der Waals surface area contributed by atoms with Crippen LogP contribution in [0.5, 0.6) is 0 Å². The predicted octanol–water partition coefficient (Wildman–Crippen LogP) is 3.23. The summed E-state index contributed by atoms with van der Waals surface area (Å²) in [6, 6.07) is 8.72. The van der Waals surface area contributed by atoms with E-state index in [4.69, 9.17) is 0 Å². The van der Waals surface area contributed by atoms with Gasteiger partial charge in [0, 0.05) is 18.7 Å². The average Bonchev–Trinajstić information content (AvgIpc) is 2.82. The van der Waals surface area contributed by atoms with E-state index < -0.39 is 0 Å². The molecule has 2 aromatic rings. The third-order valence-electron chi connectivity index (χ3n) is 3.68. The molecule has 3 nitrogen and oxygen atoms in total. The van der Waals surface area contributed by atoms with E-state index in [1.165, 1.54) is 16.7 Å². The maximum absolute atomic E-state index is 10.2. The molecule has 2 rings (SSSR count). The van der Waals surface area contributed by atoms with E-state index in [0.29, 0.717) is 18.9 Å². The zero-order valence-electron chi connectivity index (χ0n) is 12.8. The minimum Gasteiger partial charge on any atom is -0.392 e. The van der Waals surface area contributed by atoms with Gasteiger partial charge in [-0.2, -0.15) is 5.10 Å². The first kappa shape index (κ1) is 14.8. The number of nitrogens with zero attached hydrogens (tertiary/aromatic N) is 2. The first-order valence-electron chi connectivity index (χ1n) is 7.24. The van der Waals surface area contributed by atoms with Gasteiger partial charge in [0.1, 0.15) is 0 Å². The number of aliphatic hydroxyl groups excluding tert-OH is 1. The molecule has 0 radical (unpaired) electrons. The summed E-state index contributed by atoms with van der Waals surface area (Å²) < 4.78 is 1.93. The van der Waals surface area contributed by atoms with E-state index in [0.717, 1.165) is 5.69 Å². The fourth-order valence-electron chi connectivity index (χ4n) is 2.29. The molecule has 0 aliphatic heterocycles. The highest BCUT2D eigenvalue weighted by Gasteiger charge is 2.10. The highest BCUT2D eigenvalue weighted by molar-refractivity contribution is 5.30. The monoisotopic (exact) mass is 272 g/mol. The van der Waals surface area contributed by atoms with Crippen molar-refractivity contribution in [2.24, 2.45) is 0 Å². The van der Waals surface area contributed by atoms with Crippen molar-refractivity contribution in [2.45, 2.75) is 52.7 Å². The topological polar surface area (TPSA) is 38.0 Å². The highest BCUT2D eigenvalue weighted by atomic mass is 16.3. The first-order chi connectivity index (χ1) is 9.45. The Labute approximate surface area is 121 Å². The molecule has 0 saturated carbocycles. The molecular weight excluding hydrogens is 248 g/mol. The molecule has 1 atom stereocenters. The van der Waals surface area contributed by atoms with Gasteiger partial charge >= 0.3 is 0 Å². The summed E-state index contributed by atoms with van der Waals surface area (Å²) >= 11 is 0. The van der Waals surface area contributed by atoms with Crippen LogP contribution in [-0.2, 0) is 12.8 Å². The Kier molecular flexibility index (Phi) is 4.61. The van der Waals surface area contributed by atoms with Gasteiger partial charge < -0.3 is 5.11 Å². The minimum absolute atomic E-state index is 0.362. The lowest BCUT2D eigenvalue weighted by molar-refractivity contribution is 0.174. The summed E-state index contributed by atoms with van der Waals surface area (Å²) in [6.07, 6.45) is 2.87. The fourth-order valence-corrected chi connectivity index (χ4v) is 2.29. The van der Waals surface area contributed by atoms with E-state index in [1.54, 1.807) is 0 Å². The van der Waals surface area contributed by atoms with Crippen LogP contribution in [0.15, 0.2) is 30.5 Å². The quantitative estimate of drug-likeness (QED) is 0.907. The van der Waals surface area contributed by atoms with E-state index in [9.17, 15) is 5.11 Å². The largest absolute Gasteiger partial charge is 0.392 e. The van der Waals surface area contributed by atoms with Gasteiger partial charge in [0.2, 0.25) is 0 Å². The Balaban J connectivity index is 1.97. The Bertz CT molecular complexity index is 572. The highest BCUT2D eigenvalue weighted by Crippen LogP contribution is 2.13. The molecule has 0 spiro atoms. The Hall–Kier alpha value is -1.61. The smallest absolute Gasteiger partial charge is 0.0650 e. The van der Waals surface area contributed by atoms with Crippen LogP contribution < -0.4 is 0 Å². The van der Waals surface area contributed by atoms with E-state index >= 15 is 0 Å². The van der Waals surface area contributed by atoms with Gasteiger partial charge in [0.15, 0.2) is 0 Å². The normalized spacial score (nSPS) is 12.9. The number of aromatic nitrogens is 2. The third kappa shape index (κ3) is 3.70. The Morgan fingerprint density at radius 2 is 1.85 bits per heavy atom. The number of hydrogen-bond acceptors (Lipinski definition) is 2. The summed E-state index contributed by atoms with van der Waals surface area (Å²) in [5.41, 5.74) is 4.71. The summed E-state index contributed by atoms with van der Waals surface area (Å²) in [4.78, 5) is 0. The molecule has 1 aromatic carbocycles. The lowest BCUT2D eigenvalue weighted by Crippen LogP contribution is -2.15. The molecule has 0 amide bonds. The second kappa shape index (κ2) is 6.23. The maximum atomic E-state index is 10.2. The average molecular weight is 272 g/mol. The van der Waals surface area contributed by atoms with Crippen molar-refractivity contribution in [3.8, 4) is 0 Å². The summed E-state index contributed by atoms with van der Waals surface area (Å²) in [5, 5.41) is 14.7. The first-order valence-corrected chi connectivity index (χ1v) is 7.24. The van der Waals surface area contributed by atoms with Crippen LogP contribution in [0.25, 0.3) is 0 Å². The number of aliphatic hydroxyl groups is 1. The fraction of sp³-hybridized carbons (Fsp3) is 0.471. The van der Waals surface area contributed by atoms with Crippen LogP contribution in [0.3, 0.4) is 0 Å². The van der Waals surface area contributed by atoms with Crippen molar-refractivity contribution >= 4 is 0 Å². The predicted molar refractivity (Wildman–Crippen MR) is 81.9 cm³/mol. The SMILES string of the molecule is Cc1ccc(CC(O)Cc2ccn(C(C)C)n2)cc1C. The second-order valence-corrected chi connectivity index (χ2v) is 5.86. The lowest BCUT2D eigenvalue weighted by Gasteiger charge is -2.11. The van der Waals surface area contributed by atoms with Gasteiger partial charge in [-0.25, -0.2) is 0 Å². The van der Waals surface area contributed by atoms with Gasteiger partial charge in [-0.15, -0.1) is 0 Å². The molecule has 1 aromatic heterocycles. The molecule has 0 fully saturated rings. The number of benzene rings is 1. The van der Waals surface area contributed by atoms with Crippen molar-refractivity contribution in [2.75, 3.05) is 0 Å². The standard InChI is InChI=1S/C17H24N2O/c1-12(2)19-8-7-16(18-19)11-17(20)10-15-6-5-13(3)14(4)9-15/h5-9,12,17,20H,10-11H2,1-4H3. The second-order valence-electron chi connectivity index (χ2n) is 5.86. The molecule has 0 aliphatic carbocycles. The molecular formula is C17H24N2O. The molecule has 108 valence electrons.